The fourth-order valence-electron chi connectivity index (χ4n) is 3.19. The predicted octanol–water partition coefficient (Wildman–Crippen LogP) is 4.55. The molecule has 0 heterocycles. The first kappa shape index (κ1) is 19.5. The van der Waals surface area contributed by atoms with Crippen molar-refractivity contribution >= 4 is 11.4 Å². The van der Waals surface area contributed by atoms with Gasteiger partial charge in [-0.2, -0.15) is 0 Å². The standard InChI is InChI=1S/C22H24N2O4/c1-25-19-14-18(15-10-12-17(23)13-11-15)20(16-8-6-5-7-9-16)22(26-2)21(19)24(27-3)28-4/h5-14H,23H2,1-4H3. The summed E-state index contributed by atoms with van der Waals surface area (Å²) in [5, 5.41) is 1.26. The fourth-order valence-corrected chi connectivity index (χ4v) is 3.19. The van der Waals surface area contributed by atoms with E-state index in [4.69, 9.17) is 24.9 Å². The van der Waals surface area contributed by atoms with Gasteiger partial charge in [-0.05, 0) is 34.9 Å². The van der Waals surface area contributed by atoms with Crippen molar-refractivity contribution in [2.45, 2.75) is 0 Å². The summed E-state index contributed by atoms with van der Waals surface area (Å²) in [7, 11) is 6.23. The molecule has 0 atom stereocenters. The Morgan fingerprint density at radius 2 is 1.39 bits per heavy atom. The average molecular weight is 380 g/mol. The second-order valence-electron chi connectivity index (χ2n) is 5.99. The maximum Gasteiger partial charge on any atom is 0.179 e. The van der Waals surface area contributed by atoms with E-state index in [1.54, 1.807) is 14.2 Å². The molecule has 0 unspecified atom stereocenters. The van der Waals surface area contributed by atoms with Gasteiger partial charge in [-0.1, -0.05) is 42.5 Å². The Kier molecular flexibility index (Phi) is 6.03. The van der Waals surface area contributed by atoms with E-state index in [1.165, 1.54) is 19.4 Å². The van der Waals surface area contributed by atoms with E-state index in [2.05, 4.69) is 0 Å². The minimum atomic E-state index is 0.535. The molecular formula is C22H24N2O4. The predicted molar refractivity (Wildman–Crippen MR) is 111 cm³/mol. The highest BCUT2D eigenvalue weighted by molar-refractivity contribution is 5.94. The molecule has 0 aliphatic heterocycles. The highest BCUT2D eigenvalue weighted by Gasteiger charge is 2.26. The molecule has 2 N–H and O–H groups in total. The zero-order valence-electron chi connectivity index (χ0n) is 16.4. The van der Waals surface area contributed by atoms with Crippen molar-refractivity contribution in [2.24, 2.45) is 0 Å². The first-order valence-electron chi connectivity index (χ1n) is 8.73. The molecule has 6 nitrogen and oxygen atoms in total. The Balaban J connectivity index is 2.40. The minimum Gasteiger partial charge on any atom is -0.494 e. The summed E-state index contributed by atoms with van der Waals surface area (Å²) >= 11 is 0. The Morgan fingerprint density at radius 3 is 1.93 bits per heavy atom. The van der Waals surface area contributed by atoms with Gasteiger partial charge in [0.25, 0.3) is 0 Å². The Bertz CT molecular complexity index is 924. The van der Waals surface area contributed by atoms with Gasteiger partial charge in [-0.25, -0.2) is 0 Å². The second kappa shape index (κ2) is 8.65. The summed E-state index contributed by atoms with van der Waals surface area (Å²) < 4.78 is 11.5. The molecule has 0 aromatic heterocycles. The highest BCUT2D eigenvalue weighted by Crippen LogP contribution is 2.50. The lowest BCUT2D eigenvalue weighted by atomic mass is 9.92. The molecule has 3 aromatic carbocycles. The van der Waals surface area contributed by atoms with Crippen LogP contribution in [0, 0.1) is 0 Å². The van der Waals surface area contributed by atoms with Crippen LogP contribution in [0.1, 0.15) is 0 Å². The van der Waals surface area contributed by atoms with E-state index < -0.39 is 0 Å². The Morgan fingerprint density at radius 1 is 0.750 bits per heavy atom. The molecule has 3 rings (SSSR count). The van der Waals surface area contributed by atoms with Crippen molar-refractivity contribution in [3.8, 4) is 33.8 Å². The molecule has 0 spiro atoms. The van der Waals surface area contributed by atoms with E-state index in [0.29, 0.717) is 22.9 Å². The Hall–Kier alpha value is -3.22. The molecular weight excluding hydrogens is 356 g/mol. The largest absolute Gasteiger partial charge is 0.494 e. The normalized spacial score (nSPS) is 10.6. The summed E-state index contributed by atoms with van der Waals surface area (Å²) in [6.45, 7) is 0. The zero-order valence-corrected chi connectivity index (χ0v) is 16.4. The number of benzene rings is 3. The first-order valence-corrected chi connectivity index (χ1v) is 8.73. The topological polar surface area (TPSA) is 66.2 Å². The number of hydrogen-bond acceptors (Lipinski definition) is 6. The van der Waals surface area contributed by atoms with Crippen LogP contribution in [0.3, 0.4) is 0 Å². The molecule has 0 saturated heterocycles. The molecule has 0 amide bonds. The number of rotatable bonds is 7. The van der Waals surface area contributed by atoms with Crippen LogP contribution in [0.2, 0.25) is 0 Å². The maximum atomic E-state index is 5.88. The van der Waals surface area contributed by atoms with Crippen molar-refractivity contribution in [1.82, 2.24) is 0 Å². The van der Waals surface area contributed by atoms with E-state index in [9.17, 15) is 0 Å². The van der Waals surface area contributed by atoms with Gasteiger partial charge in [0.15, 0.2) is 17.2 Å². The third-order valence-corrected chi connectivity index (χ3v) is 4.44. The summed E-state index contributed by atoms with van der Waals surface area (Å²) in [6.07, 6.45) is 0. The van der Waals surface area contributed by atoms with Crippen LogP contribution in [-0.4, -0.2) is 28.4 Å². The van der Waals surface area contributed by atoms with Crippen LogP contribution in [0.5, 0.6) is 11.5 Å². The molecule has 6 heteroatoms. The quantitative estimate of drug-likeness (QED) is 0.479. The van der Waals surface area contributed by atoms with Crippen LogP contribution in [0.15, 0.2) is 60.7 Å². The van der Waals surface area contributed by atoms with Gasteiger partial charge < -0.3 is 15.2 Å². The molecule has 0 aliphatic carbocycles. The molecule has 3 aromatic rings. The lowest BCUT2D eigenvalue weighted by Crippen LogP contribution is -2.21. The van der Waals surface area contributed by atoms with E-state index >= 15 is 0 Å². The van der Waals surface area contributed by atoms with Gasteiger partial charge in [0, 0.05) is 11.3 Å². The number of nitrogen functional groups attached to an aromatic ring is 1. The average Bonchev–Trinajstić information content (AvgIpc) is 2.75. The number of ether oxygens (including phenoxy) is 2. The van der Waals surface area contributed by atoms with Gasteiger partial charge in [0.1, 0.15) is 0 Å². The lowest BCUT2D eigenvalue weighted by Gasteiger charge is -2.26. The smallest absolute Gasteiger partial charge is 0.179 e. The fraction of sp³-hybridized carbons (Fsp3) is 0.182. The van der Waals surface area contributed by atoms with E-state index in [0.717, 1.165) is 22.3 Å². The molecule has 28 heavy (non-hydrogen) atoms. The lowest BCUT2D eigenvalue weighted by molar-refractivity contribution is -0.0448. The van der Waals surface area contributed by atoms with Crippen molar-refractivity contribution in [2.75, 3.05) is 39.4 Å². The molecule has 146 valence electrons. The molecule has 0 saturated carbocycles. The molecule has 0 fully saturated rings. The van der Waals surface area contributed by atoms with Crippen LogP contribution in [0.4, 0.5) is 11.4 Å². The van der Waals surface area contributed by atoms with E-state index in [1.807, 2.05) is 60.7 Å². The highest BCUT2D eigenvalue weighted by atomic mass is 16.9. The zero-order chi connectivity index (χ0) is 20.1. The summed E-state index contributed by atoms with van der Waals surface area (Å²) in [5.41, 5.74) is 10.9. The van der Waals surface area contributed by atoms with Crippen LogP contribution in [-0.2, 0) is 9.68 Å². The van der Waals surface area contributed by atoms with Gasteiger partial charge in [0.05, 0.1) is 28.4 Å². The number of nitrogens with zero attached hydrogens (tertiary/aromatic N) is 1. The van der Waals surface area contributed by atoms with Crippen LogP contribution < -0.4 is 20.4 Å². The van der Waals surface area contributed by atoms with E-state index in [-0.39, 0.29) is 0 Å². The SMILES string of the molecule is COc1cc(-c2ccc(N)cc2)c(-c2ccccc2)c(OC)c1N(OC)OC. The summed E-state index contributed by atoms with van der Waals surface area (Å²) in [6, 6.07) is 19.6. The molecule has 0 aliphatic rings. The number of anilines is 2. The third-order valence-electron chi connectivity index (χ3n) is 4.44. The summed E-state index contributed by atoms with van der Waals surface area (Å²) in [5.74, 6) is 1.12. The number of nitrogens with two attached hydrogens (primary N) is 1. The first-order chi connectivity index (χ1) is 13.6. The van der Waals surface area contributed by atoms with Gasteiger partial charge in [0.2, 0.25) is 0 Å². The monoisotopic (exact) mass is 380 g/mol. The van der Waals surface area contributed by atoms with Crippen molar-refractivity contribution < 1.29 is 19.1 Å². The van der Waals surface area contributed by atoms with Gasteiger partial charge >= 0.3 is 0 Å². The van der Waals surface area contributed by atoms with Crippen LogP contribution in [0.25, 0.3) is 22.3 Å². The number of methoxy groups -OCH3 is 2. The van der Waals surface area contributed by atoms with Gasteiger partial charge in [-0.3, -0.25) is 9.68 Å². The van der Waals surface area contributed by atoms with Crippen molar-refractivity contribution in [3.05, 3.63) is 60.7 Å². The van der Waals surface area contributed by atoms with Crippen molar-refractivity contribution in [1.29, 1.82) is 0 Å². The minimum absolute atomic E-state index is 0.535. The number of hydrogen-bond donors (Lipinski definition) is 1. The Labute approximate surface area is 164 Å². The molecule has 0 radical (unpaired) electrons. The third kappa shape index (κ3) is 3.60. The summed E-state index contributed by atoms with van der Waals surface area (Å²) in [4.78, 5) is 10.7. The second-order valence-corrected chi connectivity index (χ2v) is 5.99. The van der Waals surface area contributed by atoms with Crippen LogP contribution >= 0.6 is 0 Å². The maximum absolute atomic E-state index is 5.88. The van der Waals surface area contributed by atoms with Gasteiger partial charge in [-0.15, -0.1) is 5.23 Å². The molecule has 0 bridgehead atoms. The van der Waals surface area contributed by atoms with Crippen molar-refractivity contribution in [3.63, 3.8) is 0 Å².